The van der Waals surface area contributed by atoms with E-state index in [1.54, 1.807) is 12.4 Å². The maximum Gasteiger partial charge on any atom is 0.321 e. The maximum absolute atomic E-state index is 13.0. The van der Waals surface area contributed by atoms with Crippen molar-refractivity contribution in [3.05, 3.63) is 51.8 Å². The Morgan fingerprint density at radius 2 is 1.48 bits per heavy atom. The third-order valence-corrected chi connectivity index (χ3v) is 5.87. The molecular formula is C22H28Cl2N4O. The molecule has 0 saturated carbocycles. The van der Waals surface area contributed by atoms with Crippen molar-refractivity contribution in [3.8, 4) is 0 Å². The van der Waals surface area contributed by atoms with Gasteiger partial charge in [-0.3, -0.25) is 4.98 Å². The Labute approximate surface area is 183 Å². The van der Waals surface area contributed by atoms with Gasteiger partial charge in [0.2, 0.25) is 0 Å². The number of amides is 2. The van der Waals surface area contributed by atoms with Gasteiger partial charge in [-0.15, -0.1) is 0 Å². The predicted octanol–water partition coefficient (Wildman–Crippen LogP) is 5.99. The highest BCUT2D eigenvalue weighted by atomic mass is 35.5. The number of urea groups is 1. The number of benzene rings is 1. The second-order valence-corrected chi connectivity index (χ2v) is 8.79. The quantitative estimate of drug-likeness (QED) is 0.642. The molecule has 1 fully saturated rings. The second kappa shape index (κ2) is 9.23. The van der Waals surface area contributed by atoms with Gasteiger partial charge in [0, 0.05) is 44.3 Å². The summed E-state index contributed by atoms with van der Waals surface area (Å²) < 4.78 is 0. The Morgan fingerprint density at radius 3 is 1.97 bits per heavy atom. The van der Waals surface area contributed by atoms with Crippen LogP contribution in [0.25, 0.3) is 0 Å². The summed E-state index contributed by atoms with van der Waals surface area (Å²) in [7, 11) is 0. The molecule has 1 aliphatic rings. The number of aromatic nitrogens is 1. The number of nitrogens with zero attached hydrogens (tertiary/aromatic N) is 3. The van der Waals surface area contributed by atoms with E-state index < -0.39 is 0 Å². The topological polar surface area (TPSA) is 48.5 Å². The largest absolute Gasteiger partial charge is 0.365 e. The number of nitrogens with one attached hydrogen (secondary N) is 1. The van der Waals surface area contributed by atoms with Crippen LogP contribution < -0.4 is 10.2 Å². The summed E-state index contributed by atoms with van der Waals surface area (Å²) in [5.74, 6) is 0.661. The lowest BCUT2D eigenvalue weighted by Crippen LogP contribution is -2.50. The van der Waals surface area contributed by atoms with Gasteiger partial charge in [-0.05, 0) is 23.0 Å². The molecule has 156 valence electrons. The molecule has 7 heteroatoms. The van der Waals surface area contributed by atoms with Crippen LogP contribution in [-0.2, 0) is 0 Å². The van der Waals surface area contributed by atoms with E-state index in [1.807, 2.05) is 4.90 Å². The molecule has 2 amide bonds. The Hall–Kier alpha value is -1.98. The van der Waals surface area contributed by atoms with Gasteiger partial charge in [0.1, 0.15) is 0 Å². The monoisotopic (exact) mass is 434 g/mol. The molecule has 2 aromatic rings. The first-order valence-electron chi connectivity index (χ1n) is 10.0. The Morgan fingerprint density at radius 1 is 0.966 bits per heavy atom. The van der Waals surface area contributed by atoms with Crippen LogP contribution in [-0.4, -0.2) is 42.1 Å². The van der Waals surface area contributed by atoms with Crippen LogP contribution in [0.2, 0.25) is 10.0 Å². The fraction of sp³-hybridized carbons (Fsp3) is 0.455. The first kappa shape index (κ1) is 21.7. The van der Waals surface area contributed by atoms with Gasteiger partial charge in [0.05, 0.1) is 15.7 Å². The van der Waals surface area contributed by atoms with Gasteiger partial charge in [0.25, 0.3) is 0 Å². The number of pyridine rings is 1. The number of halogens is 2. The van der Waals surface area contributed by atoms with Crippen LogP contribution in [0.3, 0.4) is 0 Å². The van der Waals surface area contributed by atoms with Crippen molar-refractivity contribution < 1.29 is 4.79 Å². The SMILES string of the molecule is CC(C)c1cccc(C(C)C)c1NC(=O)N1CCN(c2c(Cl)cncc2Cl)CC1. The van der Waals surface area contributed by atoms with Gasteiger partial charge in [0.15, 0.2) is 0 Å². The van der Waals surface area contributed by atoms with E-state index in [0.717, 1.165) is 11.4 Å². The summed E-state index contributed by atoms with van der Waals surface area (Å²) in [5, 5.41) is 4.26. The number of anilines is 2. The first-order chi connectivity index (χ1) is 13.8. The lowest BCUT2D eigenvalue weighted by Gasteiger charge is -2.37. The van der Waals surface area contributed by atoms with Crippen LogP contribution in [0, 0.1) is 0 Å². The van der Waals surface area contributed by atoms with Crippen molar-refractivity contribution in [2.45, 2.75) is 39.5 Å². The number of hydrogen-bond acceptors (Lipinski definition) is 3. The molecule has 29 heavy (non-hydrogen) atoms. The minimum absolute atomic E-state index is 0.0634. The van der Waals surface area contributed by atoms with Gasteiger partial charge in [-0.2, -0.15) is 0 Å². The fourth-order valence-corrected chi connectivity index (χ4v) is 4.32. The molecule has 0 unspecified atom stereocenters. The minimum Gasteiger partial charge on any atom is -0.365 e. The van der Waals surface area contributed by atoms with Gasteiger partial charge < -0.3 is 15.1 Å². The molecule has 0 aliphatic carbocycles. The lowest BCUT2D eigenvalue weighted by atomic mass is 9.93. The molecule has 1 saturated heterocycles. The first-order valence-corrected chi connectivity index (χ1v) is 10.8. The molecule has 0 atom stereocenters. The molecule has 1 aromatic heterocycles. The van der Waals surface area contributed by atoms with E-state index in [0.29, 0.717) is 48.1 Å². The van der Waals surface area contributed by atoms with E-state index in [9.17, 15) is 4.79 Å². The molecule has 0 spiro atoms. The van der Waals surface area contributed by atoms with Crippen molar-refractivity contribution in [2.75, 3.05) is 36.4 Å². The number of rotatable bonds is 4. The van der Waals surface area contributed by atoms with Gasteiger partial charge in [-0.1, -0.05) is 69.1 Å². The predicted molar refractivity (Wildman–Crippen MR) is 122 cm³/mol. The van der Waals surface area contributed by atoms with E-state index in [-0.39, 0.29) is 6.03 Å². The molecular weight excluding hydrogens is 407 g/mol. The zero-order valence-electron chi connectivity index (χ0n) is 17.4. The number of piperazine rings is 1. The zero-order valence-corrected chi connectivity index (χ0v) is 18.9. The normalized spacial score (nSPS) is 14.6. The molecule has 1 aromatic carbocycles. The summed E-state index contributed by atoms with van der Waals surface area (Å²) in [6.07, 6.45) is 3.19. The smallest absolute Gasteiger partial charge is 0.321 e. The van der Waals surface area contributed by atoms with Gasteiger partial charge in [-0.25, -0.2) is 4.79 Å². The van der Waals surface area contributed by atoms with Crippen molar-refractivity contribution in [1.82, 2.24) is 9.88 Å². The van der Waals surface area contributed by atoms with E-state index in [1.165, 1.54) is 11.1 Å². The zero-order chi connectivity index (χ0) is 21.1. The van der Waals surface area contributed by atoms with E-state index in [2.05, 4.69) is 61.1 Å². The van der Waals surface area contributed by atoms with Crippen molar-refractivity contribution in [3.63, 3.8) is 0 Å². The van der Waals surface area contributed by atoms with E-state index in [4.69, 9.17) is 23.2 Å². The second-order valence-electron chi connectivity index (χ2n) is 7.98. The average molecular weight is 435 g/mol. The van der Waals surface area contributed by atoms with Crippen LogP contribution >= 0.6 is 23.2 Å². The fourth-order valence-electron chi connectivity index (χ4n) is 3.72. The van der Waals surface area contributed by atoms with Crippen LogP contribution in [0.5, 0.6) is 0 Å². The van der Waals surface area contributed by atoms with Gasteiger partial charge >= 0.3 is 6.03 Å². The third-order valence-electron chi connectivity index (χ3n) is 5.32. The number of carbonyl (C=O) groups is 1. The van der Waals surface area contributed by atoms with Crippen LogP contribution in [0.4, 0.5) is 16.2 Å². The highest BCUT2D eigenvalue weighted by molar-refractivity contribution is 6.38. The molecule has 0 bridgehead atoms. The number of hydrogen-bond donors (Lipinski definition) is 1. The molecule has 2 heterocycles. The summed E-state index contributed by atoms with van der Waals surface area (Å²) >= 11 is 12.6. The van der Waals surface area contributed by atoms with Crippen LogP contribution in [0.1, 0.15) is 50.7 Å². The van der Waals surface area contributed by atoms with Crippen molar-refractivity contribution >= 4 is 40.6 Å². The lowest BCUT2D eigenvalue weighted by molar-refractivity contribution is 0.208. The number of carbonyl (C=O) groups excluding carboxylic acids is 1. The Bertz CT molecular complexity index is 831. The minimum atomic E-state index is -0.0634. The molecule has 5 nitrogen and oxygen atoms in total. The van der Waals surface area contributed by atoms with E-state index >= 15 is 0 Å². The average Bonchev–Trinajstić information content (AvgIpc) is 2.68. The molecule has 1 aliphatic heterocycles. The van der Waals surface area contributed by atoms with Crippen molar-refractivity contribution in [1.29, 1.82) is 0 Å². The van der Waals surface area contributed by atoms with Crippen molar-refractivity contribution in [2.24, 2.45) is 0 Å². The molecule has 1 N–H and O–H groups in total. The van der Waals surface area contributed by atoms with Crippen LogP contribution in [0.15, 0.2) is 30.6 Å². The Kier molecular flexibility index (Phi) is 6.91. The number of para-hydroxylation sites is 1. The third kappa shape index (κ3) is 4.78. The summed E-state index contributed by atoms with van der Waals surface area (Å²) in [6.45, 7) is 11.1. The molecule has 0 radical (unpaired) electrons. The summed E-state index contributed by atoms with van der Waals surface area (Å²) in [5.41, 5.74) is 4.07. The summed E-state index contributed by atoms with van der Waals surface area (Å²) in [4.78, 5) is 21.0. The molecule has 3 rings (SSSR count). The highest BCUT2D eigenvalue weighted by Gasteiger charge is 2.25. The standard InChI is InChI=1S/C22H28Cl2N4O/c1-14(2)16-6-5-7-17(15(3)4)20(16)26-22(29)28-10-8-27(9-11-28)21-18(23)12-25-13-19(21)24/h5-7,12-15H,8-11H2,1-4H3,(H,26,29). The Balaban J connectivity index is 1.73. The summed E-state index contributed by atoms with van der Waals surface area (Å²) in [6, 6.07) is 6.20. The highest BCUT2D eigenvalue weighted by Crippen LogP contribution is 2.34. The maximum atomic E-state index is 13.0.